The molecule has 2 aromatic rings. The molecule has 0 N–H and O–H groups in total. The average Bonchev–Trinajstić information content (AvgIpc) is 2.54. The van der Waals surface area contributed by atoms with Gasteiger partial charge in [0.25, 0.3) is 0 Å². The Bertz CT molecular complexity index is 372. The van der Waals surface area contributed by atoms with Crippen LogP contribution in [0.15, 0.2) is 36.5 Å². The number of nitrogens with zero attached hydrogens (tertiary/aromatic N) is 2. The zero-order chi connectivity index (χ0) is 8.39. The number of rotatable bonds is 1. The van der Waals surface area contributed by atoms with Crippen molar-refractivity contribution in [3.63, 3.8) is 0 Å². The lowest BCUT2D eigenvalue weighted by Gasteiger charge is -1.89. The van der Waals surface area contributed by atoms with Crippen LogP contribution in [0.2, 0.25) is 0 Å². The molecule has 2 rings (SSSR count). The fraction of sp³-hybridized carbons (Fsp3) is 0. The summed E-state index contributed by atoms with van der Waals surface area (Å²) in [6.07, 6.45) is 1.47. The van der Waals surface area contributed by atoms with Crippen LogP contribution in [-0.2, 0) is 0 Å². The number of hydrogen-bond donors (Lipinski definition) is 0. The second kappa shape index (κ2) is 2.91. The molecule has 1 aromatic heterocycles. The molecule has 0 aliphatic rings. The summed E-state index contributed by atoms with van der Waals surface area (Å²) in [6, 6.07) is 9.71. The standard InChI is InChI=1S/C8H6N2OS/c11-10-6-8(12-9-10)7-4-2-1-3-5-7/h1-6H. The van der Waals surface area contributed by atoms with E-state index in [1.54, 1.807) is 0 Å². The molecule has 0 unspecified atom stereocenters. The maximum atomic E-state index is 10.7. The first-order valence-corrected chi connectivity index (χ1v) is 4.25. The summed E-state index contributed by atoms with van der Waals surface area (Å²) >= 11 is 1.20. The molecule has 1 heterocycles. The molecule has 4 heteroatoms. The summed E-state index contributed by atoms with van der Waals surface area (Å²) < 4.78 is 3.60. The molecular formula is C8H6N2OS. The van der Waals surface area contributed by atoms with Crippen LogP contribution in [0.25, 0.3) is 10.4 Å². The maximum absolute atomic E-state index is 10.7. The Hall–Kier alpha value is -1.42. The summed E-state index contributed by atoms with van der Waals surface area (Å²) in [6.45, 7) is 0. The van der Waals surface area contributed by atoms with Crippen LogP contribution in [0.4, 0.5) is 0 Å². The highest BCUT2D eigenvalue weighted by molar-refractivity contribution is 7.09. The van der Waals surface area contributed by atoms with Gasteiger partial charge in [-0.1, -0.05) is 30.3 Å². The molecular weight excluding hydrogens is 172 g/mol. The van der Waals surface area contributed by atoms with Gasteiger partial charge in [0.15, 0.2) is 0 Å². The summed E-state index contributed by atoms with van der Waals surface area (Å²) in [5.41, 5.74) is 1.03. The third kappa shape index (κ3) is 1.29. The van der Waals surface area contributed by atoms with Crippen molar-refractivity contribution in [1.29, 1.82) is 0 Å². The van der Waals surface area contributed by atoms with Crippen LogP contribution in [0.3, 0.4) is 0 Å². The van der Waals surface area contributed by atoms with Gasteiger partial charge in [0.1, 0.15) is 4.88 Å². The molecule has 0 amide bonds. The molecule has 0 aliphatic carbocycles. The molecule has 0 radical (unpaired) electrons. The lowest BCUT2D eigenvalue weighted by Crippen LogP contribution is -2.25. The second-order valence-electron chi connectivity index (χ2n) is 2.33. The van der Waals surface area contributed by atoms with E-state index in [2.05, 4.69) is 4.49 Å². The Balaban J connectivity index is 2.45. The summed E-state index contributed by atoms with van der Waals surface area (Å²) in [7, 11) is 0. The smallest absolute Gasteiger partial charge is 0.230 e. The minimum Gasteiger partial charge on any atom is -0.594 e. The Kier molecular flexibility index (Phi) is 1.75. The summed E-state index contributed by atoms with van der Waals surface area (Å²) in [5.74, 6) is 0. The highest BCUT2D eigenvalue weighted by Crippen LogP contribution is 2.19. The molecule has 12 heavy (non-hydrogen) atoms. The van der Waals surface area contributed by atoms with Gasteiger partial charge in [-0.15, -0.1) is 0 Å². The Morgan fingerprint density at radius 1 is 1.25 bits per heavy atom. The van der Waals surface area contributed by atoms with Crippen molar-refractivity contribution in [3.8, 4) is 10.4 Å². The Labute approximate surface area is 73.6 Å². The number of aromatic nitrogens is 2. The molecule has 60 valence electrons. The molecule has 0 atom stereocenters. The quantitative estimate of drug-likeness (QED) is 0.489. The van der Waals surface area contributed by atoms with Gasteiger partial charge in [-0.25, -0.2) is 0 Å². The molecule has 0 saturated heterocycles. The predicted octanol–water partition coefficient (Wildman–Crippen LogP) is 1.44. The van der Waals surface area contributed by atoms with Gasteiger partial charge in [0.05, 0.1) is 4.49 Å². The van der Waals surface area contributed by atoms with E-state index >= 15 is 0 Å². The molecule has 0 saturated carbocycles. The lowest BCUT2D eigenvalue weighted by molar-refractivity contribution is -0.660. The van der Waals surface area contributed by atoms with E-state index in [1.807, 2.05) is 30.3 Å². The zero-order valence-electron chi connectivity index (χ0n) is 6.18. The molecule has 1 aromatic carbocycles. The highest BCUT2D eigenvalue weighted by atomic mass is 32.1. The van der Waals surface area contributed by atoms with Gasteiger partial charge in [-0.05, 0) is 10.4 Å². The van der Waals surface area contributed by atoms with Gasteiger partial charge in [0.2, 0.25) is 6.20 Å². The normalized spacial score (nSPS) is 10.0. The van der Waals surface area contributed by atoms with Crippen molar-refractivity contribution in [2.75, 3.05) is 0 Å². The van der Waals surface area contributed by atoms with Gasteiger partial charge in [-0.2, -0.15) is 0 Å². The van der Waals surface area contributed by atoms with E-state index < -0.39 is 0 Å². The van der Waals surface area contributed by atoms with Gasteiger partial charge < -0.3 is 5.21 Å². The monoisotopic (exact) mass is 178 g/mol. The SMILES string of the molecule is [O-][n+]1cc(-c2ccccc2)sn1. The number of benzene rings is 1. The second-order valence-corrected chi connectivity index (χ2v) is 3.12. The lowest BCUT2D eigenvalue weighted by atomic mass is 10.2. The van der Waals surface area contributed by atoms with E-state index in [1.165, 1.54) is 17.7 Å². The summed E-state index contributed by atoms with van der Waals surface area (Å²) in [4.78, 5) is 1.47. The van der Waals surface area contributed by atoms with Gasteiger partial charge in [-0.3, -0.25) is 0 Å². The average molecular weight is 178 g/mol. The largest absolute Gasteiger partial charge is 0.594 e. The van der Waals surface area contributed by atoms with Crippen LogP contribution < -0.4 is 4.85 Å². The highest BCUT2D eigenvalue weighted by Gasteiger charge is 2.04. The Morgan fingerprint density at radius 2 is 2.00 bits per heavy atom. The minimum absolute atomic E-state index is 0.576. The fourth-order valence-electron chi connectivity index (χ4n) is 0.961. The van der Waals surface area contributed by atoms with Crippen molar-refractivity contribution >= 4 is 11.5 Å². The molecule has 0 bridgehead atoms. The van der Waals surface area contributed by atoms with Crippen LogP contribution in [-0.4, -0.2) is 4.49 Å². The van der Waals surface area contributed by atoms with Crippen molar-refractivity contribution in [1.82, 2.24) is 4.49 Å². The molecule has 3 nitrogen and oxygen atoms in total. The zero-order valence-corrected chi connectivity index (χ0v) is 6.99. The first-order chi connectivity index (χ1) is 5.86. The first kappa shape index (κ1) is 7.24. The van der Waals surface area contributed by atoms with Crippen molar-refractivity contribution in [3.05, 3.63) is 41.7 Å². The number of hydrogen-bond acceptors (Lipinski definition) is 3. The van der Waals surface area contributed by atoms with E-state index in [9.17, 15) is 5.21 Å². The fourth-order valence-corrected chi connectivity index (χ4v) is 1.56. The van der Waals surface area contributed by atoms with Gasteiger partial charge in [0, 0.05) is 11.5 Å². The van der Waals surface area contributed by atoms with Crippen molar-refractivity contribution < 1.29 is 4.85 Å². The third-order valence-electron chi connectivity index (χ3n) is 1.51. The van der Waals surface area contributed by atoms with Crippen LogP contribution >= 0.6 is 11.5 Å². The molecule has 0 aliphatic heterocycles. The van der Waals surface area contributed by atoms with Crippen molar-refractivity contribution in [2.24, 2.45) is 0 Å². The summed E-state index contributed by atoms with van der Waals surface area (Å²) in [5, 5.41) is 10.7. The predicted molar refractivity (Wildman–Crippen MR) is 46.5 cm³/mol. The molecule has 0 fully saturated rings. The van der Waals surface area contributed by atoms with Crippen LogP contribution in [0.1, 0.15) is 0 Å². The van der Waals surface area contributed by atoms with Crippen molar-refractivity contribution in [2.45, 2.75) is 0 Å². The topological polar surface area (TPSA) is 39.8 Å². The van der Waals surface area contributed by atoms with E-state index in [0.29, 0.717) is 4.85 Å². The minimum atomic E-state index is 0.576. The van der Waals surface area contributed by atoms with E-state index in [4.69, 9.17) is 0 Å². The van der Waals surface area contributed by atoms with Gasteiger partial charge >= 0.3 is 0 Å². The Morgan fingerprint density at radius 3 is 2.58 bits per heavy atom. The van der Waals surface area contributed by atoms with Crippen LogP contribution in [0.5, 0.6) is 0 Å². The van der Waals surface area contributed by atoms with E-state index in [0.717, 1.165) is 10.4 Å². The first-order valence-electron chi connectivity index (χ1n) is 3.48. The van der Waals surface area contributed by atoms with Crippen LogP contribution in [0, 0.1) is 5.21 Å². The maximum Gasteiger partial charge on any atom is 0.230 e. The van der Waals surface area contributed by atoms with E-state index in [-0.39, 0.29) is 0 Å². The third-order valence-corrected chi connectivity index (χ3v) is 2.29. The molecule has 0 spiro atoms.